The Balaban J connectivity index is 2.35. The van der Waals surface area contributed by atoms with Crippen LogP contribution in [-0.2, 0) is 0 Å². The molecule has 0 saturated carbocycles. The van der Waals surface area contributed by atoms with Gasteiger partial charge in [-0.15, -0.1) is 0 Å². The Bertz CT molecular complexity index is 501. The lowest BCUT2D eigenvalue weighted by Gasteiger charge is -2.11. The van der Waals surface area contributed by atoms with Crippen molar-refractivity contribution in [2.24, 2.45) is 0 Å². The summed E-state index contributed by atoms with van der Waals surface area (Å²) in [4.78, 5) is 0. The topological polar surface area (TPSA) is 9.23 Å². The number of benzene rings is 2. The highest BCUT2D eigenvalue weighted by molar-refractivity contribution is 5.43. The summed E-state index contributed by atoms with van der Waals surface area (Å²) in [6, 6.07) is 15.0. The first-order valence-corrected chi connectivity index (χ1v) is 5.40. The van der Waals surface area contributed by atoms with Gasteiger partial charge in [-0.05, 0) is 55.7 Å². The molecule has 0 heterocycles. The molecule has 1 radical (unpaired) electrons. The van der Waals surface area contributed by atoms with Crippen LogP contribution in [0.5, 0.6) is 11.5 Å². The Morgan fingerprint density at radius 1 is 0.938 bits per heavy atom. The second-order valence-corrected chi connectivity index (χ2v) is 3.96. The van der Waals surface area contributed by atoms with E-state index in [4.69, 9.17) is 4.74 Å². The van der Waals surface area contributed by atoms with Gasteiger partial charge in [-0.1, -0.05) is 24.3 Å². The number of aryl methyl sites for hydroxylation is 2. The minimum Gasteiger partial charge on any atom is -0.457 e. The van der Waals surface area contributed by atoms with Gasteiger partial charge in [0.1, 0.15) is 11.5 Å². The van der Waals surface area contributed by atoms with Crippen LogP contribution in [0.25, 0.3) is 0 Å². The average molecular weight is 211 g/mol. The maximum atomic E-state index is 5.89. The van der Waals surface area contributed by atoms with Gasteiger partial charge in [-0.3, -0.25) is 0 Å². The van der Waals surface area contributed by atoms with Gasteiger partial charge in [0.15, 0.2) is 0 Å². The van der Waals surface area contributed by atoms with Gasteiger partial charge in [-0.25, -0.2) is 0 Å². The van der Waals surface area contributed by atoms with Gasteiger partial charge in [0, 0.05) is 0 Å². The van der Waals surface area contributed by atoms with Gasteiger partial charge in [-0.2, -0.15) is 0 Å². The van der Waals surface area contributed by atoms with E-state index < -0.39 is 0 Å². The quantitative estimate of drug-likeness (QED) is 0.723. The third-order valence-corrected chi connectivity index (χ3v) is 2.79. The van der Waals surface area contributed by atoms with Crippen molar-refractivity contribution in [3.8, 4) is 11.5 Å². The minimum atomic E-state index is 0.871. The van der Waals surface area contributed by atoms with E-state index in [1.807, 2.05) is 37.3 Å². The molecule has 16 heavy (non-hydrogen) atoms. The average Bonchev–Trinajstić information content (AvgIpc) is 2.28. The van der Waals surface area contributed by atoms with E-state index in [1.54, 1.807) is 0 Å². The van der Waals surface area contributed by atoms with E-state index in [0.717, 1.165) is 17.1 Å². The van der Waals surface area contributed by atoms with Crippen molar-refractivity contribution in [3.63, 3.8) is 0 Å². The summed E-state index contributed by atoms with van der Waals surface area (Å²) in [7, 11) is 0. The molecule has 0 aliphatic heterocycles. The highest BCUT2D eigenvalue weighted by Crippen LogP contribution is 2.28. The van der Waals surface area contributed by atoms with Crippen LogP contribution >= 0.6 is 0 Å². The molecule has 0 saturated heterocycles. The first-order chi connectivity index (χ1) is 7.68. The van der Waals surface area contributed by atoms with Crippen molar-refractivity contribution < 1.29 is 4.74 Å². The fourth-order valence-corrected chi connectivity index (χ4v) is 1.57. The van der Waals surface area contributed by atoms with Gasteiger partial charge in [0.2, 0.25) is 0 Å². The van der Waals surface area contributed by atoms with Crippen molar-refractivity contribution in [1.82, 2.24) is 0 Å². The summed E-state index contributed by atoms with van der Waals surface area (Å²) < 4.78 is 5.89. The molecule has 0 spiro atoms. The number of rotatable bonds is 2. The Kier molecular flexibility index (Phi) is 2.95. The maximum absolute atomic E-state index is 5.89. The second kappa shape index (κ2) is 4.40. The second-order valence-electron chi connectivity index (χ2n) is 3.96. The van der Waals surface area contributed by atoms with E-state index in [0.29, 0.717) is 0 Å². The van der Waals surface area contributed by atoms with E-state index in [-0.39, 0.29) is 0 Å². The van der Waals surface area contributed by atoms with Crippen molar-refractivity contribution >= 4 is 0 Å². The monoisotopic (exact) mass is 211 g/mol. The maximum Gasteiger partial charge on any atom is 0.130 e. The molecule has 2 rings (SSSR count). The minimum absolute atomic E-state index is 0.871. The smallest absolute Gasteiger partial charge is 0.130 e. The van der Waals surface area contributed by atoms with E-state index in [1.165, 1.54) is 11.1 Å². The fraction of sp³-hybridized carbons (Fsp3) is 0.200. The largest absolute Gasteiger partial charge is 0.457 e. The van der Waals surface area contributed by atoms with E-state index >= 15 is 0 Å². The molecule has 0 N–H and O–H groups in total. The summed E-state index contributed by atoms with van der Waals surface area (Å²) in [6.07, 6.45) is 0. The van der Waals surface area contributed by atoms with Crippen LogP contribution in [0.1, 0.15) is 16.7 Å². The molecule has 1 nitrogen and oxygen atoms in total. The van der Waals surface area contributed by atoms with Gasteiger partial charge in [0.25, 0.3) is 0 Å². The zero-order valence-electron chi connectivity index (χ0n) is 9.87. The van der Waals surface area contributed by atoms with Gasteiger partial charge in [0.05, 0.1) is 0 Å². The molecule has 0 bridgehead atoms. The molecule has 2 aromatic carbocycles. The molecule has 2 aromatic rings. The molecule has 0 aromatic heterocycles. The standard InChI is InChI=1S/C15H15O/c1-11-8-6-10-15(13(11)3)16-14-9-5-4-7-12(14)2/h4-6,8-10H,1-3H3. The van der Waals surface area contributed by atoms with E-state index in [2.05, 4.69) is 26.0 Å². The van der Waals surface area contributed by atoms with Crippen LogP contribution in [0, 0.1) is 26.8 Å². The van der Waals surface area contributed by atoms with Crippen LogP contribution in [0.15, 0.2) is 36.4 Å². The molecule has 0 unspecified atom stereocenters. The first-order valence-electron chi connectivity index (χ1n) is 5.40. The van der Waals surface area contributed by atoms with Gasteiger partial charge < -0.3 is 4.74 Å². The number of hydrogen-bond acceptors (Lipinski definition) is 1. The lowest BCUT2D eigenvalue weighted by atomic mass is 10.1. The lowest BCUT2D eigenvalue weighted by Crippen LogP contribution is -1.91. The van der Waals surface area contributed by atoms with Crippen LogP contribution in [0.3, 0.4) is 0 Å². The van der Waals surface area contributed by atoms with Crippen LogP contribution in [-0.4, -0.2) is 0 Å². The van der Waals surface area contributed by atoms with Gasteiger partial charge >= 0.3 is 0 Å². The summed E-state index contributed by atoms with van der Waals surface area (Å²) >= 11 is 0. The lowest BCUT2D eigenvalue weighted by molar-refractivity contribution is 0.474. The number of hydrogen-bond donors (Lipinski definition) is 0. The highest BCUT2D eigenvalue weighted by Gasteiger charge is 2.04. The molecule has 0 atom stereocenters. The predicted octanol–water partition coefficient (Wildman–Crippen LogP) is 4.20. The third kappa shape index (κ3) is 2.08. The third-order valence-electron chi connectivity index (χ3n) is 2.79. The Hall–Kier alpha value is -1.76. The molecule has 0 amide bonds. The summed E-state index contributed by atoms with van der Waals surface area (Å²) in [5, 5.41) is 0. The number of ether oxygens (including phenoxy) is 1. The summed E-state index contributed by atoms with van der Waals surface area (Å²) in [6.45, 7) is 6.17. The van der Waals surface area contributed by atoms with Crippen molar-refractivity contribution in [2.45, 2.75) is 20.8 Å². The Labute approximate surface area is 96.7 Å². The fourth-order valence-electron chi connectivity index (χ4n) is 1.57. The van der Waals surface area contributed by atoms with E-state index in [9.17, 15) is 0 Å². The summed E-state index contributed by atoms with van der Waals surface area (Å²) in [5.74, 6) is 1.79. The zero-order valence-corrected chi connectivity index (χ0v) is 9.87. The first kappa shape index (κ1) is 10.7. The molecule has 81 valence electrons. The van der Waals surface area contributed by atoms with Crippen molar-refractivity contribution in [3.05, 3.63) is 59.2 Å². The van der Waals surface area contributed by atoms with Crippen LogP contribution in [0.2, 0.25) is 0 Å². The van der Waals surface area contributed by atoms with Crippen LogP contribution in [0.4, 0.5) is 0 Å². The molecule has 0 aliphatic carbocycles. The molecule has 0 aliphatic rings. The molecule has 1 heteroatoms. The van der Waals surface area contributed by atoms with Crippen molar-refractivity contribution in [1.29, 1.82) is 0 Å². The SMILES string of the molecule is Cc1[c]cccc1Oc1cccc(C)c1C. The summed E-state index contributed by atoms with van der Waals surface area (Å²) in [5.41, 5.74) is 3.46. The Morgan fingerprint density at radius 3 is 2.44 bits per heavy atom. The highest BCUT2D eigenvalue weighted by atomic mass is 16.5. The normalized spacial score (nSPS) is 10.2. The molecule has 0 fully saturated rings. The Morgan fingerprint density at radius 2 is 1.69 bits per heavy atom. The van der Waals surface area contributed by atoms with Crippen LogP contribution < -0.4 is 4.74 Å². The predicted molar refractivity (Wildman–Crippen MR) is 66.0 cm³/mol. The molecular weight excluding hydrogens is 196 g/mol. The molecular formula is C15H15O. The zero-order chi connectivity index (χ0) is 11.5. The van der Waals surface area contributed by atoms with Crippen molar-refractivity contribution in [2.75, 3.05) is 0 Å².